The maximum atomic E-state index is 11.1. The lowest BCUT2D eigenvalue weighted by atomic mass is 10.1. The van der Waals surface area contributed by atoms with Crippen molar-refractivity contribution in [3.8, 4) is 0 Å². The molecule has 8 nitrogen and oxygen atoms in total. The number of hydrogen-bond donors (Lipinski definition) is 3. The lowest BCUT2D eigenvalue weighted by Crippen LogP contribution is -2.36. The van der Waals surface area contributed by atoms with Gasteiger partial charge in [-0.05, 0) is 26.0 Å². The molecular formula is C12H18N4O4. The molecule has 1 aromatic carbocycles. The van der Waals surface area contributed by atoms with Crippen molar-refractivity contribution in [2.24, 2.45) is 10.9 Å². The summed E-state index contributed by atoms with van der Waals surface area (Å²) in [6.07, 6.45) is 0. The predicted molar refractivity (Wildman–Crippen MR) is 75.2 cm³/mol. The molecule has 0 aliphatic carbocycles. The van der Waals surface area contributed by atoms with Gasteiger partial charge in [-0.2, -0.15) is 0 Å². The molecule has 0 spiro atoms. The van der Waals surface area contributed by atoms with Gasteiger partial charge < -0.3 is 20.9 Å². The quantitative estimate of drug-likeness (QED) is 0.242. The summed E-state index contributed by atoms with van der Waals surface area (Å²) in [6, 6.07) is 4.24. The summed E-state index contributed by atoms with van der Waals surface area (Å²) >= 11 is 0. The second kappa shape index (κ2) is 5.74. The Bertz CT molecular complexity index is 537. The molecule has 20 heavy (non-hydrogen) atoms. The highest BCUT2D eigenvalue weighted by atomic mass is 16.6. The maximum absolute atomic E-state index is 11.1. The fourth-order valence-corrected chi connectivity index (χ4v) is 1.88. The van der Waals surface area contributed by atoms with Crippen molar-refractivity contribution in [3.63, 3.8) is 0 Å². The van der Waals surface area contributed by atoms with Crippen LogP contribution in [0.3, 0.4) is 0 Å². The smallest absolute Gasteiger partial charge is 0.293 e. The second-order valence-electron chi connectivity index (χ2n) is 5.11. The first-order valence-corrected chi connectivity index (χ1v) is 5.85. The molecule has 0 radical (unpaired) electrons. The number of hydrogen-bond acceptors (Lipinski definition) is 6. The molecule has 110 valence electrons. The van der Waals surface area contributed by atoms with Crippen LogP contribution in [0, 0.1) is 10.1 Å². The van der Waals surface area contributed by atoms with Crippen LogP contribution >= 0.6 is 0 Å². The van der Waals surface area contributed by atoms with E-state index in [9.17, 15) is 15.2 Å². The van der Waals surface area contributed by atoms with E-state index in [0.717, 1.165) is 0 Å². The van der Waals surface area contributed by atoms with Crippen molar-refractivity contribution in [2.45, 2.75) is 19.4 Å². The van der Waals surface area contributed by atoms with E-state index in [1.165, 1.54) is 18.2 Å². The monoisotopic (exact) mass is 282 g/mol. The Labute approximate surface area is 116 Å². The molecule has 0 aliphatic heterocycles. The normalized spacial score (nSPS) is 12.3. The SMILES string of the molecule is CN(CC(C)(C)O)c1ccc(C(N)=NO)cc1[N+](=O)[O-]. The molecule has 0 aliphatic rings. The van der Waals surface area contributed by atoms with Gasteiger partial charge in [-0.15, -0.1) is 0 Å². The lowest BCUT2D eigenvalue weighted by molar-refractivity contribution is -0.384. The Hall–Kier alpha value is -2.35. The molecule has 0 amide bonds. The number of nitrogens with zero attached hydrogens (tertiary/aromatic N) is 3. The number of nitro groups is 1. The summed E-state index contributed by atoms with van der Waals surface area (Å²) in [5, 5.41) is 32.3. The van der Waals surface area contributed by atoms with E-state index in [2.05, 4.69) is 5.16 Å². The largest absolute Gasteiger partial charge is 0.409 e. The summed E-state index contributed by atoms with van der Waals surface area (Å²) in [7, 11) is 1.64. The Morgan fingerprint density at radius 3 is 2.60 bits per heavy atom. The van der Waals surface area contributed by atoms with Crippen LogP contribution < -0.4 is 10.6 Å². The van der Waals surface area contributed by atoms with Gasteiger partial charge in [0.05, 0.1) is 10.5 Å². The number of oxime groups is 1. The van der Waals surface area contributed by atoms with Crippen molar-refractivity contribution in [3.05, 3.63) is 33.9 Å². The molecule has 0 saturated heterocycles. The van der Waals surface area contributed by atoms with Crippen LogP contribution in [0.2, 0.25) is 0 Å². The van der Waals surface area contributed by atoms with E-state index in [4.69, 9.17) is 10.9 Å². The highest BCUT2D eigenvalue weighted by Crippen LogP contribution is 2.29. The number of nitro benzene ring substituents is 1. The number of aliphatic hydroxyl groups is 1. The first-order valence-electron chi connectivity index (χ1n) is 5.85. The van der Waals surface area contributed by atoms with Crippen LogP contribution in [0.5, 0.6) is 0 Å². The molecule has 1 rings (SSSR count). The van der Waals surface area contributed by atoms with Gasteiger partial charge in [0, 0.05) is 25.2 Å². The van der Waals surface area contributed by atoms with E-state index >= 15 is 0 Å². The molecular weight excluding hydrogens is 264 g/mol. The van der Waals surface area contributed by atoms with Crippen molar-refractivity contribution < 1.29 is 15.2 Å². The fourth-order valence-electron chi connectivity index (χ4n) is 1.88. The lowest BCUT2D eigenvalue weighted by Gasteiger charge is -2.27. The summed E-state index contributed by atoms with van der Waals surface area (Å²) in [5.74, 6) is -0.204. The molecule has 0 aromatic heterocycles. The van der Waals surface area contributed by atoms with E-state index in [0.29, 0.717) is 5.69 Å². The average Bonchev–Trinajstić information content (AvgIpc) is 2.34. The van der Waals surface area contributed by atoms with Gasteiger partial charge in [-0.25, -0.2) is 0 Å². The number of nitrogens with two attached hydrogens (primary N) is 1. The van der Waals surface area contributed by atoms with Crippen molar-refractivity contribution in [2.75, 3.05) is 18.5 Å². The van der Waals surface area contributed by atoms with E-state index in [1.54, 1.807) is 25.8 Å². The van der Waals surface area contributed by atoms with Crippen molar-refractivity contribution in [1.82, 2.24) is 0 Å². The number of anilines is 1. The van der Waals surface area contributed by atoms with Gasteiger partial charge in [0.15, 0.2) is 5.84 Å². The molecule has 4 N–H and O–H groups in total. The molecule has 0 heterocycles. The molecule has 0 atom stereocenters. The van der Waals surface area contributed by atoms with Gasteiger partial charge in [0.25, 0.3) is 5.69 Å². The summed E-state index contributed by atoms with van der Waals surface area (Å²) in [6.45, 7) is 3.44. The van der Waals surface area contributed by atoms with Crippen LogP contribution in [-0.4, -0.2) is 40.3 Å². The standard InChI is InChI=1S/C12H18N4O4/c1-12(2,17)7-15(3)9-5-4-8(11(13)14-18)6-10(9)16(19)20/h4-6,17-18H,7H2,1-3H3,(H2,13,14). The zero-order chi connectivity index (χ0) is 15.5. The highest BCUT2D eigenvalue weighted by molar-refractivity contribution is 5.98. The third-order valence-electron chi connectivity index (χ3n) is 2.61. The second-order valence-corrected chi connectivity index (χ2v) is 5.11. The number of rotatable bonds is 5. The summed E-state index contributed by atoms with van der Waals surface area (Å²) in [5.41, 5.74) is 4.83. The summed E-state index contributed by atoms with van der Waals surface area (Å²) < 4.78 is 0. The number of benzene rings is 1. The average molecular weight is 282 g/mol. The minimum Gasteiger partial charge on any atom is -0.409 e. The Kier molecular flexibility index (Phi) is 4.51. The Balaban J connectivity index is 3.24. The van der Waals surface area contributed by atoms with Crippen LogP contribution in [0.15, 0.2) is 23.4 Å². The zero-order valence-electron chi connectivity index (χ0n) is 11.6. The van der Waals surface area contributed by atoms with Crippen LogP contribution in [0.4, 0.5) is 11.4 Å². The van der Waals surface area contributed by atoms with Gasteiger partial charge in [-0.1, -0.05) is 5.16 Å². The highest BCUT2D eigenvalue weighted by Gasteiger charge is 2.23. The predicted octanol–water partition coefficient (Wildman–Crippen LogP) is 0.896. The van der Waals surface area contributed by atoms with E-state index < -0.39 is 10.5 Å². The fraction of sp³-hybridized carbons (Fsp3) is 0.417. The third kappa shape index (κ3) is 3.82. The van der Waals surface area contributed by atoms with Crippen molar-refractivity contribution in [1.29, 1.82) is 0 Å². The van der Waals surface area contributed by atoms with Crippen molar-refractivity contribution >= 4 is 17.2 Å². The van der Waals surface area contributed by atoms with Gasteiger partial charge >= 0.3 is 0 Å². The van der Waals surface area contributed by atoms with Gasteiger partial charge in [0.1, 0.15) is 5.69 Å². The van der Waals surface area contributed by atoms with E-state index in [-0.39, 0.29) is 23.6 Å². The first kappa shape index (κ1) is 15.7. The Morgan fingerprint density at radius 2 is 2.15 bits per heavy atom. The summed E-state index contributed by atoms with van der Waals surface area (Å²) in [4.78, 5) is 12.2. The molecule has 8 heteroatoms. The Morgan fingerprint density at radius 1 is 1.55 bits per heavy atom. The molecule has 1 aromatic rings. The topological polar surface area (TPSA) is 125 Å². The molecule has 0 unspecified atom stereocenters. The maximum Gasteiger partial charge on any atom is 0.293 e. The minimum atomic E-state index is -0.993. The molecule has 0 bridgehead atoms. The van der Waals surface area contributed by atoms with Crippen LogP contribution in [0.1, 0.15) is 19.4 Å². The first-order chi connectivity index (χ1) is 9.15. The zero-order valence-corrected chi connectivity index (χ0v) is 11.6. The number of likely N-dealkylation sites (N-methyl/N-ethyl adjacent to an activating group) is 1. The minimum absolute atomic E-state index is 0.180. The van der Waals surface area contributed by atoms with Gasteiger partial charge in [-0.3, -0.25) is 10.1 Å². The third-order valence-corrected chi connectivity index (χ3v) is 2.61. The van der Waals surface area contributed by atoms with Gasteiger partial charge in [0.2, 0.25) is 0 Å². The van der Waals surface area contributed by atoms with Crippen LogP contribution in [-0.2, 0) is 0 Å². The van der Waals surface area contributed by atoms with E-state index in [1.807, 2.05) is 0 Å². The molecule has 0 fully saturated rings. The molecule has 0 saturated carbocycles. The van der Waals surface area contributed by atoms with Crippen LogP contribution in [0.25, 0.3) is 0 Å². The number of amidine groups is 1.